The van der Waals surface area contributed by atoms with E-state index >= 15 is 0 Å². The lowest BCUT2D eigenvalue weighted by atomic mass is 10.2. The van der Waals surface area contributed by atoms with Crippen molar-refractivity contribution in [3.8, 4) is 17.2 Å². The summed E-state index contributed by atoms with van der Waals surface area (Å²) in [6.45, 7) is 0. The molecule has 0 fully saturated rings. The van der Waals surface area contributed by atoms with Gasteiger partial charge in [-0.1, -0.05) is 12.1 Å². The zero-order chi connectivity index (χ0) is 18.4. The Labute approximate surface area is 153 Å². The molecular formula is C21H22N2O3. The smallest absolute Gasteiger partial charge is 0.145 e. The molecule has 26 heavy (non-hydrogen) atoms. The molecule has 0 aliphatic carbocycles. The Hall–Kier alpha value is -3.34. The molecule has 0 saturated carbocycles. The molecule has 5 heteroatoms. The Kier molecular flexibility index (Phi) is 5.49. The van der Waals surface area contributed by atoms with Gasteiger partial charge in [-0.15, -0.1) is 0 Å². The molecule has 0 radical (unpaired) electrons. The minimum absolute atomic E-state index is 0.712. The summed E-state index contributed by atoms with van der Waals surface area (Å²) in [6.07, 6.45) is 0. The van der Waals surface area contributed by atoms with Crippen LogP contribution in [-0.2, 0) is 0 Å². The van der Waals surface area contributed by atoms with Crippen LogP contribution in [0.15, 0.2) is 66.7 Å². The van der Waals surface area contributed by atoms with Gasteiger partial charge in [-0.05, 0) is 48.5 Å². The van der Waals surface area contributed by atoms with Gasteiger partial charge >= 0.3 is 0 Å². The molecule has 0 aromatic heterocycles. The first-order valence-corrected chi connectivity index (χ1v) is 8.22. The number of hydrogen-bond donors (Lipinski definition) is 2. The van der Waals surface area contributed by atoms with Gasteiger partial charge in [-0.3, -0.25) is 0 Å². The summed E-state index contributed by atoms with van der Waals surface area (Å²) in [7, 11) is 4.93. The van der Waals surface area contributed by atoms with E-state index in [1.54, 1.807) is 21.3 Å². The molecule has 0 aliphatic heterocycles. The Morgan fingerprint density at radius 3 is 1.81 bits per heavy atom. The zero-order valence-electron chi connectivity index (χ0n) is 15.1. The first kappa shape index (κ1) is 17.5. The largest absolute Gasteiger partial charge is 0.497 e. The van der Waals surface area contributed by atoms with Gasteiger partial charge < -0.3 is 24.8 Å². The van der Waals surface area contributed by atoms with Crippen LogP contribution < -0.4 is 24.8 Å². The summed E-state index contributed by atoms with van der Waals surface area (Å²) in [4.78, 5) is 0. The highest BCUT2D eigenvalue weighted by Crippen LogP contribution is 2.34. The van der Waals surface area contributed by atoms with Gasteiger partial charge in [0, 0.05) is 11.8 Å². The van der Waals surface area contributed by atoms with Gasteiger partial charge in [-0.2, -0.15) is 0 Å². The first-order chi connectivity index (χ1) is 12.7. The van der Waals surface area contributed by atoms with Crippen molar-refractivity contribution in [1.82, 2.24) is 0 Å². The summed E-state index contributed by atoms with van der Waals surface area (Å²) >= 11 is 0. The number of nitrogens with one attached hydrogen (secondary N) is 2. The van der Waals surface area contributed by atoms with Crippen molar-refractivity contribution in [3.05, 3.63) is 66.7 Å². The molecule has 0 unspecified atom stereocenters. The van der Waals surface area contributed by atoms with Crippen molar-refractivity contribution in [1.29, 1.82) is 0 Å². The van der Waals surface area contributed by atoms with Crippen molar-refractivity contribution in [3.63, 3.8) is 0 Å². The molecule has 0 saturated heterocycles. The standard InChI is InChI=1S/C21H22N2O3/c1-24-16-10-8-15(9-11-16)22-18-6-4-5-7-19(18)23-20-13-12-17(25-2)14-21(20)26-3/h4-14,22-23H,1-3H3. The van der Waals surface area contributed by atoms with Crippen LogP contribution in [0.25, 0.3) is 0 Å². The maximum atomic E-state index is 5.47. The summed E-state index contributed by atoms with van der Waals surface area (Å²) in [5.41, 5.74) is 3.72. The number of benzene rings is 3. The van der Waals surface area contributed by atoms with E-state index < -0.39 is 0 Å². The van der Waals surface area contributed by atoms with Gasteiger partial charge in [-0.25, -0.2) is 0 Å². The van der Waals surface area contributed by atoms with Crippen molar-refractivity contribution >= 4 is 22.7 Å². The van der Waals surface area contributed by atoms with Crippen LogP contribution in [0.4, 0.5) is 22.7 Å². The van der Waals surface area contributed by atoms with Crippen LogP contribution in [-0.4, -0.2) is 21.3 Å². The van der Waals surface area contributed by atoms with E-state index in [-0.39, 0.29) is 0 Å². The van der Waals surface area contributed by atoms with Crippen LogP contribution in [0.1, 0.15) is 0 Å². The average molecular weight is 350 g/mol. The Morgan fingerprint density at radius 2 is 1.19 bits per heavy atom. The molecule has 3 aromatic rings. The highest BCUT2D eigenvalue weighted by Gasteiger charge is 2.08. The predicted molar refractivity (Wildman–Crippen MR) is 106 cm³/mol. The van der Waals surface area contributed by atoms with Gasteiger partial charge in [0.05, 0.1) is 38.4 Å². The maximum Gasteiger partial charge on any atom is 0.145 e. The van der Waals surface area contributed by atoms with Crippen LogP contribution in [0.2, 0.25) is 0 Å². The molecule has 0 atom stereocenters. The van der Waals surface area contributed by atoms with Crippen LogP contribution in [0.5, 0.6) is 17.2 Å². The molecule has 3 aromatic carbocycles. The Bertz CT molecular complexity index is 863. The fraction of sp³-hybridized carbons (Fsp3) is 0.143. The van der Waals surface area contributed by atoms with Crippen LogP contribution in [0, 0.1) is 0 Å². The molecule has 0 heterocycles. The second-order valence-corrected chi connectivity index (χ2v) is 5.59. The lowest BCUT2D eigenvalue weighted by Crippen LogP contribution is -1.99. The Balaban J connectivity index is 1.85. The van der Waals surface area contributed by atoms with E-state index in [9.17, 15) is 0 Å². The molecular weight excluding hydrogens is 328 g/mol. The van der Waals surface area contributed by atoms with Gasteiger partial charge in [0.25, 0.3) is 0 Å². The third-order valence-electron chi connectivity index (χ3n) is 3.97. The molecule has 0 aliphatic rings. The number of anilines is 4. The van der Waals surface area contributed by atoms with Crippen LogP contribution >= 0.6 is 0 Å². The van der Waals surface area contributed by atoms with Crippen molar-refractivity contribution in [2.24, 2.45) is 0 Å². The maximum absolute atomic E-state index is 5.47. The first-order valence-electron chi connectivity index (χ1n) is 8.22. The molecule has 134 valence electrons. The van der Waals surface area contributed by atoms with Gasteiger partial charge in [0.2, 0.25) is 0 Å². The van der Waals surface area contributed by atoms with E-state index in [4.69, 9.17) is 14.2 Å². The number of rotatable bonds is 7. The fourth-order valence-electron chi connectivity index (χ4n) is 2.58. The lowest BCUT2D eigenvalue weighted by Gasteiger charge is -2.16. The van der Waals surface area contributed by atoms with Gasteiger partial charge in [0.15, 0.2) is 0 Å². The summed E-state index contributed by atoms with van der Waals surface area (Å²) in [6, 6.07) is 21.5. The summed E-state index contributed by atoms with van der Waals surface area (Å²) in [5.74, 6) is 2.28. The topological polar surface area (TPSA) is 51.8 Å². The van der Waals surface area contributed by atoms with E-state index in [2.05, 4.69) is 10.6 Å². The normalized spacial score (nSPS) is 10.1. The number of hydrogen-bond acceptors (Lipinski definition) is 5. The zero-order valence-corrected chi connectivity index (χ0v) is 15.1. The second-order valence-electron chi connectivity index (χ2n) is 5.59. The fourth-order valence-corrected chi connectivity index (χ4v) is 2.58. The predicted octanol–water partition coefficient (Wildman–Crippen LogP) is 5.20. The lowest BCUT2D eigenvalue weighted by molar-refractivity contribution is 0.395. The van der Waals surface area contributed by atoms with E-state index in [0.29, 0.717) is 5.75 Å². The highest BCUT2D eigenvalue weighted by atomic mass is 16.5. The molecule has 3 rings (SSSR count). The average Bonchev–Trinajstić information content (AvgIpc) is 2.70. The van der Waals surface area contributed by atoms with Crippen molar-refractivity contribution < 1.29 is 14.2 Å². The molecule has 0 bridgehead atoms. The summed E-state index contributed by atoms with van der Waals surface area (Å²) < 4.78 is 15.9. The quantitative estimate of drug-likeness (QED) is 0.613. The number of methoxy groups -OCH3 is 3. The SMILES string of the molecule is COc1ccc(Nc2ccccc2Nc2ccc(OC)cc2OC)cc1. The monoisotopic (exact) mass is 350 g/mol. The third-order valence-corrected chi connectivity index (χ3v) is 3.97. The number of ether oxygens (including phenoxy) is 3. The number of para-hydroxylation sites is 2. The molecule has 0 spiro atoms. The summed E-state index contributed by atoms with van der Waals surface area (Å²) in [5, 5.41) is 6.84. The van der Waals surface area contributed by atoms with Crippen molar-refractivity contribution in [2.45, 2.75) is 0 Å². The minimum Gasteiger partial charge on any atom is -0.497 e. The van der Waals surface area contributed by atoms with E-state index in [1.165, 1.54) is 0 Å². The van der Waals surface area contributed by atoms with Gasteiger partial charge in [0.1, 0.15) is 17.2 Å². The molecule has 2 N–H and O–H groups in total. The Morgan fingerprint density at radius 1 is 0.577 bits per heavy atom. The third kappa shape index (κ3) is 4.00. The minimum atomic E-state index is 0.712. The van der Waals surface area contributed by atoms with Crippen molar-refractivity contribution in [2.75, 3.05) is 32.0 Å². The van der Waals surface area contributed by atoms with Crippen LogP contribution in [0.3, 0.4) is 0 Å². The van der Waals surface area contributed by atoms with E-state index in [1.807, 2.05) is 66.7 Å². The van der Waals surface area contributed by atoms with E-state index in [0.717, 1.165) is 34.2 Å². The second kappa shape index (κ2) is 8.16. The molecule has 5 nitrogen and oxygen atoms in total. The highest BCUT2D eigenvalue weighted by molar-refractivity contribution is 5.80. The molecule has 0 amide bonds.